The first kappa shape index (κ1) is 13.7. The molecule has 3 nitrogen and oxygen atoms in total. The van der Waals surface area contributed by atoms with Crippen molar-refractivity contribution in [1.29, 1.82) is 0 Å². The van der Waals surface area contributed by atoms with E-state index in [0.717, 1.165) is 32.5 Å². The highest BCUT2D eigenvalue weighted by Crippen LogP contribution is 2.20. The molecule has 0 N–H and O–H groups in total. The van der Waals surface area contributed by atoms with Gasteiger partial charge in [0, 0.05) is 38.6 Å². The molecule has 1 aliphatic heterocycles. The predicted molar refractivity (Wildman–Crippen MR) is 65.6 cm³/mol. The summed E-state index contributed by atoms with van der Waals surface area (Å²) >= 11 is 0. The number of likely N-dealkylation sites (tertiary alicyclic amines) is 1. The molecule has 0 aromatic rings. The summed E-state index contributed by atoms with van der Waals surface area (Å²) < 4.78 is 5.03. The molecule has 94 valence electrons. The van der Waals surface area contributed by atoms with Crippen LogP contribution in [0.25, 0.3) is 0 Å². The third kappa shape index (κ3) is 3.87. The van der Waals surface area contributed by atoms with Crippen molar-refractivity contribution in [1.82, 2.24) is 4.90 Å². The number of carbonyl (C=O) groups excluding carboxylic acids is 1. The summed E-state index contributed by atoms with van der Waals surface area (Å²) in [4.78, 5) is 14.0. The van der Waals surface area contributed by atoms with E-state index in [1.54, 1.807) is 7.11 Å². The number of carbonyl (C=O) groups is 1. The van der Waals surface area contributed by atoms with Gasteiger partial charge < -0.3 is 4.74 Å². The van der Waals surface area contributed by atoms with Gasteiger partial charge in [0.2, 0.25) is 0 Å². The lowest BCUT2D eigenvalue weighted by Crippen LogP contribution is -2.47. The van der Waals surface area contributed by atoms with Crippen LogP contribution in [0.15, 0.2) is 0 Å². The van der Waals surface area contributed by atoms with Gasteiger partial charge in [0.15, 0.2) is 0 Å². The Morgan fingerprint density at radius 3 is 2.75 bits per heavy atom. The summed E-state index contributed by atoms with van der Waals surface area (Å²) in [7, 11) is 1.75. The molecule has 0 aliphatic carbocycles. The smallest absolute Gasteiger partial charge is 0.138 e. The molecule has 2 unspecified atom stereocenters. The van der Waals surface area contributed by atoms with Crippen molar-refractivity contribution < 1.29 is 9.53 Å². The van der Waals surface area contributed by atoms with E-state index in [2.05, 4.69) is 18.7 Å². The van der Waals surface area contributed by atoms with Crippen LogP contribution < -0.4 is 0 Å². The molecular formula is C13H25NO2. The average molecular weight is 227 g/mol. The Bertz CT molecular complexity index is 218. The SMILES string of the molecule is COCCCCCN1CCC(=O)C(C)C1C. The molecule has 0 aromatic heterocycles. The van der Waals surface area contributed by atoms with Gasteiger partial charge in [0.05, 0.1) is 0 Å². The molecule has 2 atom stereocenters. The highest BCUT2D eigenvalue weighted by molar-refractivity contribution is 5.82. The molecule has 16 heavy (non-hydrogen) atoms. The van der Waals surface area contributed by atoms with Crippen molar-refractivity contribution in [3.05, 3.63) is 0 Å². The summed E-state index contributed by atoms with van der Waals surface area (Å²) in [6, 6.07) is 0.420. The average Bonchev–Trinajstić information content (AvgIpc) is 2.28. The van der Waals surface area contributed by atoms with Crippen molar-refractivity contribution >= 4 is 5.78 Å². The number of methoxy groups -OCH3 is 1. The number of nitrogens with zero attached hydrogens (tertiary/aromatic N) is 1. The second-order valence-electron chi connectivity index (χ2n) is 4.84. The fourth-order valence-electron chi connectivity index (χ4n) is 2.32. The summed E-state index contributed by atoms with van der Waals surface area (Å²) in [6.45, 7) is 7.18. The normalized spacial score (nSPS) is 27.3. The lowest BCUT2D eigenvalue weighted by atomic mass is 9.90. The van der Waals surface area contributed by atoms with Gasteiger partial charge in [-0.1, -0.05) is 6.92 Å². The summed E-state index contributed by atoms with van der Waals surface area (Å²) in [5.41, 5.74) is 0. The Kier molecular flexibility index (Phi) is 5.99. The fourth-order valence-corrected chi connectivity index (χ4v) is 2.32. The zero-order valence-electron chi connectivity index (χ0n) is 10.9. The number of ether oxygens (including phenoxy) is 1. The van der Waals surface area contributed by atoms with Gasteiger partial charge in [-0.05, 0) is 32.7 Å². The standard InChI is InChI=1S/C13H25NO2/c1-11-12(2)14(9-7-13(11)15)8-5-4-6-10-16-3/h11-12H,4-10H2,1-3H3. The van der Waals surface area contributed by atoms with Crippen LogP contribution in [0.3, 0.4) is 0 Å². The van der Waals surface area contributed by atoms with Gasteiger partial charge in [0.25, 0.3) is 0 Å². The lowest BCUT2D eigenvalue weighted by Gasteiger charge is -2.36. The van der Waals surface area contributed by atoms with E-state index in [1.807, 2.05) is 0 Å². The maximum Gasteiger partial charge on any atom is 0.138 e. The first-order chi connectivity index (χ1) is 7.66. The van der Waals surface area contributed by atoms with E-state index in [-0.39, 0.29) is 5.92 Å². The third-order valence-corrected chi connectivity index (χ3v) is 3.75. The minimum absolute atomic E-state index is 0.215. The summed E-state index contributed by atoms with van der Waals surface area (Å²) in [6.07, 6.45) is 4.32. The van der Waals surface area contributed by atoms with E-state index in [0.29, 0.717) is 11.8 Å². The zero-order valence-corrected chi connectivity index (χ0v) is 10.9. The zero-order chi connectivity index (χ0) is 12.0. The quantitative estimate of drug-likeness (QED) is 0.651. The minimum Gasteiger partial charge on any atom is -0.385 e. The minimum atomic E-state index is 0.215. The van der Waals surface area contributed by atoms with Crippen molar-refractivity contribution in [2.75, 3.05) is 26.8 Å². The molecule has 0 aromatic carbocycles. The number of piperidine rings is 1. The van der Waals surface area contributed by atoms with Crippen LogP contribution in [-0.2, 0) is 9.53 Å². The highest BCUT2D eigenvalue weighted by atomic mass is 16.5. The first-order valence-corrected chi connectivity index (χ1v) is 6.42. The van der Waals surface area contributed by atoms with Gasteiger partial charge in [-0.2, -0.15) is 0 Å². The maximum absolute atomic E-state index is 11.5. The molecule has 1 rings (SSSR count). The first-order valence-electron chi connectivity index (χ1n) is 6.42. The largest absolute Gasteiger partial charge is 0.385 e. The van der Waals surface area contributed by atoms with Crippen LogP contribution in [0.5, 0.6) is 0 Å². The molecule has 1 saturated heterocycles. The van der Waals surface area contributed by atoms with Crippen molar-refractivity contribution in [3.63, 3.8) is 0 Å². The van der Waals surface area contributed by atoms with Crippen LogP contribution in [0.1, 0.15) is 39.5 Å². The van der Waals surface area contributed by atoms with Crippen LogP contribution in [0.2, 0.25) is 0 Å². The number of rotatable bonds is 6. The Balaban J connectivity index is 2.19. The molecule has 0 amide bonds. The fraction of sp³-hybridized carbons (Fsp3) is 0.923. The van der Waals surface area contributed by atoms with Crippen LogP contribution in [-0.4, -0.2) is 43.5 Å². The topological polar surface area (TPSA) is 29.5 Å². The summed E-state index contributed by atoms with van der Waals surface area (Å²) in [5.74, 6) is 0.649. The van der Waals surface area contributed by atoms with Gasteiger partial charge in [-0.25, -0.2) is 0 Å². The second-order valence-corrected chi connectivity index (χ2v) is 4.84. The number of hydrogen-bond acceptors (Lipinski definition) is 3. The Hall–Kier alpha value is -0.410. The van der Waals surface area contributed by atoms with Crippen LogP contribution in [0.4, 0.5) is 0 Å². The molecule has 0 saturated carbocycles. The third-order valence-electron chi connectivity index (χ3n) is 3.75. The van der Waals surface area contributed by atoms with Gasteiger partial charge >= 0.3 is 0 Å². The van der Waals surface area contributed by atoms with Gasteiger partial charge in [-0.15, -0.1) is 0 Å². The van der Waals surface area contributed by atoms with Gasteiger partial charge in [0.1, 0.15) is 5.78 Å². The molecule has 1 heterocycles. The Morgan fingerprint density at radius 2 is 2.06 bits per heavy atom. The van der Waals surface area contributed by atoms with E-state index >= 15 is 0 Å². The highest BCUT2D eigenvalue weighted by Gasteiger charge is 2.29. The lowest BCUT2D eigenvalue weighted by molar-refractivity contribution is -0.127. The molecule has 0 spiro atoms. The maximum atomic E-state index is 11.5. The van der Waals surface area contributed by atoms with E-state index < -0.39 is 0 Å². The van der Waals surface area contributed by atoms with E-state index in [1.165, 1.54) is 12.8 Å². The summed E-state index contributed by atoms with van der Waals surface area (Å²) in [5, 5.41) is 0. The Labute approximate surface area is 99.1 Å². The van der Waals surface area contributed by atoms with Crippen molar-refractivity contribution in [2.24, 2.45) is 5.92 Å². The van der Waals surface area contributed by atoms with E-state index in [9.17, 15) is 4.79 Å². The number of unbranched alkanes of at least 4 members (excludes halogenated alkanes) is 2. The number of hydrogen-bond donors (Lipinski definition) is 0. The van der Waals surface area contributed by atoms with Crippen LogP contribution in [0, 0.1) is 5.92 Å². The predicted octanol–water partition coefficient (Wildman–Crippen LogP) is 2.10. The van der Waals surface area contributed by atoms with E-state index in [4.69, 9.17) is 4.74 Å². The van der Waals surface area contributed by atoms with Crippen molar-refractivity contribution in [2.45, 2.75) is 45.6 Å². The Morgan fingerprint density at radius 1 is 1.31 bits per heavy atom. The molecule has 3 heteroatoms. The van der Waals surface area contributed by atoms with Crippen molar-refractivity contribution in [3.8, 4) is 0 Å². The molecule has 1 fully saturated rings. The molecule has 0 radical (unpaired) electrons. The van der Waals surface area contributed by atoms with Gasteiger partial charge in [-0.3, -0.25) is 9.69 Å². The molecule has 0 bridgehead atoms. The molecular weight excluding hydrogens is 202 g/mol. The second kappa shape index (κ2) is 7.02. The monoisotopic (exact) mass is 227 g/mol. The number of ketones is 1. The number of Topliss-reactive ketones (excluding diaryl/α,β-unsaturated/α-hetero) is 1. The van der Waals surface area contributed by atoms with Crippen LogP contribution >= 0.6 is 0 Å². The molecule has 1 aliphatic rings.